The molecule has 0 radical (unpaired) electrons. The summed E-state index contributed by atoms with van der Waals surface area (Å²) in [5, 5.41) is 9.84. The summed E-state index contributed by atoms with van der Waals surface area (Å²) in [5.74, 6) is -0.0768. The number of nitrogens with zero attached hydrogens (tertiary/aromatic N) is 1. The predicted octanol–water partition coefficient (Wildman–Crippen LogP) is 0.411. The van der Waals surface area contributed by atoms with Gasteiger partial charge in [-0.2, -0.15) is 0 Å². The number of likely N-dealkylation sites (N-methyl/N-ethyl adjacent to an activating group) is 1. The maximum atomic E-state index is 11.8. The number of methoxy groups -OCH3 is 1. The number of hydrogen-bond acceptors (Lipinski definition) is 4. The van der Waals surface area contributed by atoms with Gasteiger partial charge in [0.2, 0.25) is 5.91 Å². The van der Waals surface area contributed by atoms with Gasteiger partial charge in [-0.1, -0.05) is 12.8 Å². The van der Waals surface area contributed by atoms with E-state index in [0.29, 0.717) is 13.2 Å². The Bertz CT molecular complexity index is 235. The molecular formula is C12H23NO4. The van der Waals surface area contributed by atoms with Gasteiger partial charge in [0.05, 0.1) is 25.4 Å². The number of ether oxygens (including phenoxy) is 2. The Morgan fingerprint density at radius 3 is 2.71 bits per heavy atom. The van der Waals surface area contributed by atoms with Crippen molar-refractivity contribution in [1.82, 2.24) is 4.90 Å². The monoisotopic (exact) mass is 245 g/mol. The molecule has 0 aromatic rings. The van der Waals surface area contributed by atoms with E-state index in [0.717, 1.165) is 25.7 Å². The van der Waals surface area contributed by atoms with Crippen LogP contribution in [-0.2, 0) is 14.3 Å². The third-order valence-electron chi connectivity index (χ3n) is 3.24. The van der Waals surface area contributed by atoms with Crippen LogP contribution in [0.25, 0.3) is 0 Å². The lowest BCUT2D eigenvalue weighted by atomic mass is 9.91. The lowest BCUT2D eigenvalue weighted by molar-refractivity contribution is -0.140. The van der Waals surface area contributed by atoms with E-state index < -0.39 is 6.10 Å². The van der Waals surface area contributed by atoms with Crippen molar-refractivity contribution in [2.75, 3.05) is 34.0 Å². The van der Waals surface area contributed by atoms with Crippen LogP contribution in [-0.4, -0.2) is 62.0 Å². The van der Waals surface area contributed by atoms with Gasteiger partial charge >= 0.3 is 0 Å². The van der Waals surface area contributed by atoms with Crippen LogP contribution in [0.1, 0.15) is 25.7 Å². The van der Waals surface area contributed by atoms with Crippen LogP contribution in [0.3, 0.4) is 0 Å². The third kappa shape index (κ3) is 4.61. The first-order valence-electron chi connectivity index (χ1n) is 6.17. The Morgan fingerprint density at radius 2 is 2.06 bits per heavy atom. The van der Waals surface area contributed by atoms with E-state index in [4.69, 9.17) is 9.47 Å². The maximum Gasteiger partial charge on any atom is 0.248 e. The van der Waals surface area contributed by atoms with Crippen molar-refractivity contribution in [2.45, 2.75) is 37.8 Å². The number of hydrogen-bond donors (Lipinski definition) is 1. The first kappa shape index (κ1) is 14.4. The van der Waals surface area contributed by atoms with Crippen molar-refractivity contribution >= 4 is 5.91 Å². The average Bonchev–Trinajstić information content (AvgIpc) is 2.34. The van der Waals surface area contributed by atoms with Crippen molar-refractivity contribution in [3.05, 3.63) is 0 Å². The van der Waals surface area contributed by atoms with Gasteiger partial charge in [0.15, 0.2) is 0 Å². The smallest absolute Gasteiger partial charge is 0.248 e. The molecular weight excluding hydrogens is 222 g/mol. The first-order chi connectivity index (χ1) is 8.16. The molecule has 2 unspecified atom stereocenters. The molecule has 2 atom stereocenters. The minimum Gasteiger partial charge on any atom is -0.391 e. The molecule has 0 aliphatic heterocycles. The molecule has 1 aliphatic rings. The normalized spacial score (nSPS) is 24.6. The highest BCUT2D eigenvalue weighted by Crippen LogP contribution is 2.22. The number of rotatable bonds is 6. The van der Waals surface area contributed by atoms with Gasteiger partial charge < -0.3 is 19.5 Å². The highest BCUT2D eigenvalue weighted by atomic mass is 16.5. The van der Waals surface area contributed by atoms with Crippen LogP contribution < -0.4 is 0 Å². The molecule has 1 rings (SSSR count). The second-order valence-electron chi connectivity index (χ2n) is 4.47. The number of carbonyl (C=O) groups is 1. The van der Waals surface area contributed by atoms with Crippen LogP contribution >= 0.6 is 0 Å². The Labute approximate surface area is 103 Å². The van der Waals surface area contributed by atoms with Crippen molar-refractivity contribution in [3.8, 4) is 0 Å². The molecule has 0 spiro atoms. The molecule has 0 saturated heterocycles. The largest absolute Gasteiger partial charge is 0.391 e. The van der Waals surface area contributed by atoms with Crippen molar-refractivity contribution < 1.29 is 19.4 Å². The van der Waals surface area contributed by atoms with Crippen molar-refractivity contribution in [3.63, 3.8) is 0 Å². The molecule has 1 amide bonds. The third-order valence-corrected chi connectivity index (χ3v) is 3.24. The van der Waals surface area contributed by atoms with Gasteiger partial charge in [-0.15, -0.1) is 0 Å². The summed E-state index contributed by atoms with van der Waals surface area (Å²) in [6.45, 7) is 0.968. The molecule has 0 bridgehead atoms. The maximum absolute atomic E-state index is 11.8. The van der Waals surface area contributed by atoms with Gasteiger partial charge in [-0.05, 0) is 12.8 Å². The van der Waals surface area contributed by atoms with Gasteiger partial charge in [-0.25, -0.2) is 0 Å². The molecule has 1 N–H and O–H groups in total. The number of carbonyl (C=O) groups excluding carboxylic acids is 1. The first-order valence-corrected chi connectivity index (χ1v) is 6.17. The quantitative estimate of drug-likeness (QED) is 0.689. The highest BCUT2D eigenvalue weighted by Gasteiger charge is 2.29. The standard InChI is InChI=1S/C12H23NO4/c1-13(10-5-3-4-6-11(10)14)12(15)9-17-8-7-16-2/h10-11,14H,3-9H2,1-2H3. The van der Waals surface area contributed by atoms with Crippen LogP contribution in [0.15, 0.2) is 0 Å². The summed E-state index contributed by atoms with van der Waals surface area (Å²) in [5.41, 5.74) is 0. The summed E-state index contributed by atoms with van der Waals surface area (Å²) in [7, 11) is 3.33. The van der Waals surface area contributed by atoms with Crippen molar-refractivity contribution in [1.29, 1.82) is 0 Å². The SMILES string of the molecule is COCCOCC(=O)N(C)C1CCCCC1O. The molecule has 1 saturated carbocycles. The second kappa shape index (κ2) is 7.63. The summed E-state index contributed by atoms with van der Waals surface area (Å²) in [6.07, 6.45) is 3.39. The zero-order valence-corrected chi connectivity index (χ0v) is 10.7. The zero-order chi connectivity index (χ0) is 12.7. The van der Waals surface area contributed by atoms with Crippen LogP contribution in [0.4, 0.5) is 0 Å². The van der Waals surface area contributed by atoms with E-state index in [1.54, 1.807) is 19.1 Å². The molecule has 0 heterocycles. The van der Waals surface area contributed by atoms with Gasteiger partial charge in [-0.3, -0.25) is 4.79 Å². The van der Waals surface area contributed by atoms with Gasteiger partial charge in [0, 0.05) is 14.2 Å². The van der Waals surface area contributed by atoms with E-state index in [2.05, 4.69) is 0 Å². The number of amides is 1. The van der Waals surface area contributed by atoms with Crippen LogP contribution in [0.2, 0.25) is 0 Å². The van der Waals surface area contributed by atoms with Crippen molar-refractivity contribution in [2.24, 2.45) is 0 Å². The predicted molar refractivity (Wildman–Crippen MR) is 63.7 cm³/mol. The topological polar surface area (TPSA) is 59.0 Å². The second-order valence-corrected chi connectivity index (χ2v) is 4.47. The van der Waals surface area contributed by atoms with E-state index in [1.807, 2.05) is 0 Å². The van der Waals surface area contributed by atoms with Gasteiger partial charge in [0.1, 0.15) is 6.61 Å². The number of aliphatic hydroxyl groups excluding tert-OH is 1. The van der Waals surface area contributed by atoms with E-state index >= 15 is 0 Å². The average molecular weight is 245 g/mol. The molecule has 5 nitrogen and oxygen atoms in total. The van der Waals surface area contributed by atoms with Crippen LogP contribution in [0, 0.1) is 0 Å². The highest BCUT2D eigenvalue weighted by molar-refractivity contribution is 5.77. The van der Waals surface area contributed by atoms with E-state index in [-0.39, 0.29) is 18.6 Å². The lowest BCUT2D eigenvalue weighted by Crippen LogP contribution is -2.47. The summed E-state index contributed by atoms with van der Waals surface area (Å²) < 4.78 is 10.0. The van der Waals surface area contributed by atoms with Gasteiger partial charge in [0.25, 0.3) is 0 Å². The number of aliphatic hydroxyl groups is 1. The van der Waals surface area contributed by atoms with E-state index in [1.165, 1.54) is 0 Å². The fourth-order valence-electron chi connectivity index (χ4n) is 2.13. The van der Waals surface area contributed by atoms with Crippen LogP contribution in [0.5, 0.6) is 0 Å². The molecule has 17 heavy (non-hydrogen) atoms. The fraction of sp³-hybridized carbons (Fsp3) is 0.917. The fourth-order valence-corrected chi connectivity index (χ4v) is 2.13. The summed E-state index contributed by atoms with van der Waals surface area (Å²) in [6, 6.07) is -0.0534. The molecule has 0 aromatic heterocycles. The molecule has 1 fully saturated rings. The molecule has 0 aromatic carbocycles. The summed E-state index contributed by atoms with van der Waals surface area (Å²) >= 11 is 0. The molecule has 1 aliphatic carbocycles. The van der Waals surface area contributed by atoms with E-state index in [9.17, 15) is 9.90 Å². The lowest BCUT2D eigenvalue weighted by Gasteiger charge is -2.35. The molecule has 100 valence electrons. The Kier molecular flexibility index (Phi) is 6.47. The Morgan fingerprint density at radius 1 is 1.35 bits per heavy atom. The summed E-state index contributed by atoms with van der Waals surface area (Å²) in [4.78, 5) is 13.4. The minimum absolute atomic E-state index is 0.0534. The Hall–Kier alpha value is -0.650. The minimum atomic E-state index is -0.392. The zero-order valence-electron chi connectivity index (χ0n) is 10.7. The Balaban J connectivity index is 2.29. The molecule has 5 heteroatoms.